The topological polar surface area (TPSA) is 98.7 Å². The summed E-state index contributed by atoms with van der Waals surface area (Å²) in [5.41, 5.74) is 1.61. The maximum absolute atomic E-state index is 12.9. The first-order chi connectivity index (χ1) is 14.5. The van der Waals surface area contributed by atoms with Gasteiger partial charge in [0.05, 0.1) is 10.6 Å². The molecule has 1 fully saturated rings. The molecule has 0 aliphatic carbocycles. The molecular weight excluding hydrogens is 422 g/mol. The van der Waals surface area contributed by atoms with Crippen LogP contribution in [0, 0.1) is 0 Å². The smallest absolute Gasteiger partial charge is 0.257 e. The highest BCUT2D eigenvalue weighted by atomic mass is 32.2. The van der Waals surface area contributed by atoms with Gasteiger partial charge in [0.2, 0.25) is 0 Å². The number of nitrogens with one attached hydrogen (secondary N) is 1. The zero-order valence-electron chi connectivity index (χ0n) is 16.3. The fourth-order valence-corrected chi connectivity index (χ4v) is 4.99. The molecule has 0 bridgehead atoms. The van der Waals surface area contributed by atoms with E-state index in [1.165, 1.54) is 23.5 Å². The molecule has 30 heavy (non-hydrogen) atoms. The molecule has 1 atom stereocenters. The number of likely N-dealkylation sites (N-methyl/N-ethyl adjacent to an activating group) is 1. The van der Waals surface area contributed by atoms with Crippen LogP contribution in [-0.2, 0) is 11.0 Å². The van der Waals surface area contributed by atoms with Crippen molar-refractivity contribution in [1.82, 2.24) is 19.2 Å². The van der Waals surface area contributed by atoms with E-state index in [4.69, 9.17) is 0 Å². The molecule has 8 nitrogen and oxygen atoms in total. The van der Waals surface area contributed by atoms with E-state index in [1.54, 1.807) is 12.3 Å². The number of hydrogen-bond acceptors (Lipinski definition) is 7. The number of aromatic nitrogens is 2. The average molecular weight is 444 g/mol. The van der Waals surface area contributed by atoms with Crippen molar-refractivity contribution in [1.29, 1.82) is 0 Å². The van der Waals surface area contributed by atoms with E-state index in [2.05, 4.69) is 20.2 Å². The van der Waals surface area contributed by atoms with Crippen molar-refractivity contribution in [3.8, 4) is 17.1 Å². The Morgan fingerprint density at radius 2 is 1.97 bits per heavy atom. The third kappa shape index (κ3) is 4.73. The lowest BCUT2D eigenvalue weighted by Crippen LogP contribution is -2.45. The molecule has 0 radical (unpaired) electrons. The molecule has 1 unspecified atom stereocenters. The van der Waals surface area contributed by atoms with Crippen LogP contribution in [0.15, 0.2) is 52.9 Å². The van der Waals surface area contributed by atoms with Gasteiger partial charge in [-0.25, -0.2) is 13.5 Å². The molecule has 10 heteroatoms. The van der Waals surface area contributed by atoms with E-state index in [0.717, 1.165) is 18.8 Å². The Kier molecular flexibility index (Phi) is 6.18. The molecule has 0 spiro atoms. The second-order valence-electron chi connectivity index (χ2n) is 6.90. The van der Waals surface area contributed by atoms with Crippen molar-refractivity contribution in [3.63, 3.8) is 0 Å². The summed E-state index contributed by atoms with van der Waals surface area (Å²) in [4.78, 5) is 23.9. The largest absolute Gasteiger partial charge is 0.508 e. The zero-order valence-corrected chi connectivity index (χ0v) is 17.9. The first kappa shape index (κ1) is 20.6. The Morgan fingerprint density at radius 1 is 1.17 bits per heavy atom. The van der Waals surface area contributed by atoms with Gasteiger partial charge in [-0.05, 0) is 37.4 Å². The van der Waals surface area contributed by atoms with Crippen molar-refractivity contribution in [3.05, 3.63) is 53.5 Å². The number of benzene rings is 1. The number of hydrogen-bond donors (Lipinski definition) is 2. The second kappa shape index (κ2) is 9.00. The molecule has 1 aromatic carbocycles. The van der Waals surface area contributed by atoms with Gasteiger partial charge in [-0.15, -0.1) is 11.3 Å². The number of anilines is 1. The van der Waals surface area contributed by atoms with Crippen LogP contribution in [0.1, 0.15) is 10.4 Å². The maximum Gasteiger partial charge on any atom is 0.257 e. The Balaban J connectivity index is 1.49. The average Bonchev–Trinajstić information content (AvgIpc) is 3.22. The van der Waals surface area contributed by atoms with Gasteiger partial charge in [-0.3, -0.25) is 15.1 Å². The van der Waals surface area contributed by atoms with Crippen LogP contribution >= 0.6 is 11.3 Å². The highest BCUT2D eigenvalue weighted by Gasteiger charge is 2.22. The Labute approximate surface area is 180 Å². The molecule has 1 amide bonds. The number of pyridine rings is 1. The van der Waals surface area contributed by atoms with E-state index >= 15 is 0 Å². The van der Waals surface area contributed by atoms with Crippen molar-refractivity contribution in [2.75, 3.05) is 38.5 Å². The second-order valence-corrected chi connectivity index (χ2v) is 9.25. The van der Waals surface area contributed by atoms with Crippen LogP contribution in [0.2, 0.25) is 0 Å². The van der Waals surface area contributed by atoms with Gasteiger partial charge in [0, 0.05) is 43.3 Å². The van der Waals surface area contributed by atoms with E-state index < -0.39 is 16.9 Å². The standard InChI is InChI=1S/C20H21N5O3S2/c1-24-6-8-25(9-7-24)30(28)16-11-14(10-15(26)12-16)19(27)23-20-22-18(13-29-20)17-4-2-3-5-21-17/h2-5,10-13,26H,6-9H2,1H3,(H,22,23,27). The number of carbonyl (C=O) groups is 1. The van der Waals surface area contributed by atoms with Crippen molar-refractivity contribution >= 4 is 33.4 Å². The van der Waals surface area contributed by atoms with Crippen LogP contribution in [0.4, 0.5) is 5.13 Å². The third-order valence-electron chi connectivity index (χ3n) is 4.70. The highest BCUT2D eigenvalue weighted by molar-refractivity contribution is 7.82. The number of phenols is 1. The first-order valence-electron chi connectivity index (χ1n) is 9.37. The third-order valence-corrected chi connectivity index (χ3v) is 6.93. The molecular formula is C20H21N5O3S2. The number of nitrogens with zero attached hydrogens (tertiary/aromatic N) is 4. The fraction of sp³-hybridized carbons (Fsp3) is 0.250. The SMILES string of the molecule is CN1CCN(S(=O)c2cc(O)cc(C(=O)Nc3nc(-c4ccccn4)cs3)c2)CC1. The van der Waals surface area contributed by atoms with Gasteiger partial charge in [-0.1, -0.05) is 6.07 Å². The lowest BCUT2D eigenvalue weighted by Gasteiger charge is -2.31. The first-order valence-corrected chi connectivity index (χ1v) is 11.4. The molecule has 2 aromatic heterocycles. The number of piperazine rings is 1. The van der Waals surface area contributed by atoms with E-state index in [9.17, 15) is 14.1 Å². The number of amides is 1. The summed E-state index contributed by atoms with van der Waals surface area (Å²) >= 11 is 1.29. The molecule has 156 valence electrons. The molecule has 3 aromatic rings. The van der Waals surface area contributed by atoms with Crippen molar-refractivity contribution in [2.45, 2.75) is 4.90 Å². The summed E-state index contributed by atoms with van der Waals surface area (Å²) in [6, 6.07) is 9.88. The Hall–Kier alpha value is -2.66. The van der Waals surface area contributed by atoms with E-state index in [1.807, 2.05) is 34.9 Å². The maximum atomic E-state index is 12.9. The van der Waals surface area contributed by atoms with Crippen LogP contribution in [0.25, 0.3) is 11.4 Å². The summed E-state index contributed by atoms with van der Waals surface area (Å²) in [7, 11) is 0.579. The van der Waals surface area contributed by atoms with Crippen molar-refractivity contribution < 1.29 is 14.1 Å². The normalized spacial score (nSPS) is 16.3. The molecule has 4 rings (SSSR count). The van der Waals surface area contributed by atoms with E-state index in [-0.39, 0.29) is 11.3 Å². The molecule has 0 saturated carbocycles. The summed E-state index contributed by atoms with van der Waals surface area (Å²) in [6.07, 6.45) is 1.68. The minimum Gasteiger partial charge on any atom is -0.508 e. The Morgan fingerprint density at radius 3 is 2.70 bits per heavy atom. The van der Waals surface area contributed by atoms with Gasteiger partial charge < -0.3 is 10.0 Å². The van der Waals surface area contributed by atoms with Gasteiger partial charge in [0.15, 0.2) is 5.13 Å². The number of aromatic hydroxyl groups is 1. The molecule has 3 heterocycles. The van der Waals surface area contributed by atoms with Crippen LogP contribution in [0.3, 0.4) is 0 Å². The summed E-state index contributed by atoms with van der Waals surface area (Å²) < 4.78 is 14.8. The number of carbonyl (C=O) groups excluding carboxylic acids is 1. The van der Waals surface area contributed by atoms with Crippen molar-refractivity contribution in [2.24, 2.45) is 0 Å². The number of rotatable bonds is 5. The van der Waals surface area contributed by atoms with Crippen LogP contribution in [0.5, 0.6) is 5.75 Å². The Bertz CT molecular complexity index is 1070. The lowest BCUT2D eigenvalue weighted by atomic mass is 10.2. The van der Waals surface area contributed by atoms with Gasteiger partial charge in [0.1, 0.15) is 22.4 Å². The summed E-state index contributed by atoms with van der Waals surface area (Å²) in [6.45, 7) is 2.96. The number of phenolic OH excluding ortho intramolecular Hbond substituents is 1. The zero-order chi connectivity index (χ0) is 21.1. The van der Waals surface area contributed by atoms with Gasteiger partial charge >= 0.3 is 0 Å². The van der Waals surface area contributed by atoms with Crippen LogP contribution < -0.4 is 5.32 Å². The van der Waals surface area contributed by atoms with Crippen LogP contribution in [-0.4, -0.2) is 67.6 Å². The quantitative estimate of drug-likeness (QED) is 0.629. The summed E-state index contributed by atoms with van der Waals surface area (Å²) in [5.74, 6) is -0.530. The molecule has 1 aliphatic heterocycles. The van der Waals surface area contributed by atoms with E-state index in [0.29, 0.717) is 28.8 Å². The van der Waals surface area contributed by atoms with Gasteiger partial charge in [-0.2, -0.15) is 0 Å². The predicted octanol–water partition coefficient (Wildman–Crippen LogP) is 2.43. The minimum absolute atomic E-state index is 0.103. The summed E-state index contributed by atoms with van der Waals surface area (Å²) in [5, 5.41) is 15.1. The lowest BCUT2D eigenvalue weighted by molar-refractivity contribution is 0.102. The van der Waals surface area contributed by atoms with Gasteiger partial charge in [0.25, 0.3) is 5.91 Å². The molecule has 2 N–H and O–H groups in total. The predicted molar refractivity (Wildman–Crippen MR) is 117 cm³/mol. The fourth-order valence-electron chi connectivity index (χ4n) is 3.05. The monoisotopic (exact) mass is 443 g/mol. The molecule has 1 saturated heterocycles. The highest BCUT2D eigenvalue weighted by Crippen LogP contribution is 2.25. The number of thiazole rings is 1. The molecule has 1 aliphatic rings. The minimum atomic E-state index is -1.44.